The summed E-state index contributed by atoms with van der Waals surface area (Å²) >= 11 is 0. The van der Waals surface area contributed by atoms with E-state index in [1.54, 1.807) is 7.11 Å². The number of ether oxygens (including phenoxy) is 2. The Morgan fingerprint density at radius 3 is 2.67 bits per heavy atom. The van der Waals surface area contributed by atoms with Gasteiger partial charge in [-0.3, -0.25) is 0 Å². The maximum atomic E-state index is 9.15. The summed E-state index contributed by atoms with van der Waals surface area (Å²) < 4.78 is 10.9. The molecule has 0 spiro atoms. The number of para-hydroxylation sites is 1. The smallest absolute Gasteiger partial charge is 0.165 e. The molecule has 102 valence electrons. The highest BCUT2D eigenvalue weighted by molar-refractivity contribution is 5.46. The minimum Gasteiger partial charge on any atom is -0.493 e. The standard InChI is InChI=1S/C14H23NO3/c1-4-12(10-16)15-9-11-7-6-8-13(18-5-2)14(11)17-3/h6-8,12,15-16H,4-5,9-10H2,1-3H3/t12-/m0/s1. The lowest BCUT2D eigenvalue weighted by Gasteiger charge is -2.17. The van der Waals surface area contributed by atoms with Crippen LogP contribution < -0.4 is 14.8 Å². The molecule has 0 saturated carbocycles. The minimum absolute atomic E-state index is 0.116. The summed E-state index contributed by atoms with van der Waals surface area (Å²) in [6.07, 6.45) is 0.893. The normalized spacial score (nSPS) is 12.2. The van der Waals surface area contributed by atoms with Gasteiger partial charge in [0.2, 0.25) is 0 Å². The van der Waals surface area contributed by atoms with E-state index in [0.29, 0.717) is 13.2 Å². The Morgan fingerprint density at radius 2 is 2.11 bits per heavy atom. The summed E-state index contributed by atoms with van der Waals surface area (Å²) in [4.78, 5) is 0. The second kappa shape index (κ2) is 7.95. The van der Waals surface area contributed by atoms with Crippen molar-refractivity contribution in [3.63, 3.8) is 0 Å². The Bertz CT molecular complexity index is 351. The Morgan fingerprint density at radius 1 is 1.33 bits per heavy atom. The van der Waals surface area contributed by atoms with Crippen LogP contribution in [0.3, 0.4) is 0 Å². The van der Waals surface area contributed by atoms with Gasteiger partial charge in [-0.1, -0.05) is 19.1 Å². The first-order valence-corrected chi connectivity index (χ1v) is 6.39. The largest absolute Gasteiger partial charge is 0.493 e. The predicted molar refractivity (Wildman–Crippen MR) is 72.2 cm³/mol. The summed E-state index contributed by atoms with van der Waals surface area (Å²) in [5.41, 5.74) is 1.04. The fraction of sp³-hybridized carbons (Fsp3) is 0.571. The van der Waals surface area contributed by atoms with Crippen LogP contribution in [0, 0.1) is 0 Å². The molecule has 0 amide bonds. The summed E-state index contributed by atoms with van der Waals surface area (Å²) in [5, 5.41) is 12.4. The molecule has 4 nitrogen and oxygen atoms in total. The fourth-order valence-electron chi connectivity index (χ4n) is 1.79. The van der Waals surface area contributed by atoms with E-state index in [9.17, 15) is 0 Å². The Kier molecular flexibility index (Phi) is 6.54. The first-order chi connectivity index (χ1) is 8.76. The van der Waals surface area contributed by atoms with Crippen molar-refractivity contribution in [2.24, 2.45) is 0 Å². The van der Waals surface area contributed by atoms with Gasteiger partial charge in [-0.25, -0.2) is 0 Å². The van der Waals surface area contributed by atoms with E-state index in [1.165, 1.54) is 0 Å². The van der Waals surface area contributed by atoms with Crippen LogP contribution in [0.15, 0.2) is 18.2 Å². The van der Waals surface area contributed by atoms with Crippen LogP contribution >= 0.6 is 0 Å². The van der Waals surface area contributed by atoms with Crippen molar-refractivity contribution in [3.8, 4) is 11.5 Å². The molecule has 0 aliphatic carbocycles. The molecule has 0 heterocycles. The SMILES string of the molecule is CCOc1cccc(CN[C@@H](CC)CO)c1OC. The van der Waals surface area contributed by atoms with Gasteiger partial charge in [-0.05, 0) is 19.4 Å². The monoisotopic (exact) mass is 253 g/mol. The van der Waals surface area contributed by atoms with Crippen LogP contribution in [-0.2, 0) is 6.54 Å². The van der Waals surface area contributed by atoms with E-state index in [-0.39, 0.29) is 12.6 Å². The molecule has 0 aliphatic rings. The third-order valence-corrected chi connectivity index (χ3v) is 2.86. The van der Waals surface area contributed by atoms with E-state index in [0.717, 1.165) is 23.5 Å². The molecule has 0 aromatic heterocycles. The predicted octanol–water partition coefficient (Wildman–Crippen LogP) is 1.95. The van der Waals surface area contributed by atoms with Gasteiger partial charge in [0.05, 0.1) is 20.3 Å². The first-order valence-electron chi connectivity index (χ1n) is 6.39. The van der Waals surface area contributed by atoms with Crippen molar-refractivity contribution >= 4 is 0 Å². The molecule has 18 heavy (non-hydrogen) atoms. The van der Waals surface area contributed by atoms with Crippen molar-refractivity contribution in [2.45, 2.75) is 32.9 Å². The summed E-state index contributed by atoms with van der Waals surface area (Å²) in [6, 6.07) is 5.96. The molecule has 2 N–H and O–H groups in total. The van der Waals surface area contributed by atoms with Crippen LogP contribution in [0.5, 0.6) is 11.5 Å². The molecule has 4 heteroatoms. The van der Waals surface area contributed by atoms with E-state index in [1.807, 2.05) is 32.0 Å². The maximum Gasteiger partial charge on any atom is 0.165 e. The average Bonchev–Trinajstić information content (AvgIpc) is 2.40. The summed E-state index contributed by atoms with van der Waals surface area (Å²) in [7, 11) is 1.64. The van der Waals surface area contributed by atoms with Gasteiger partial charge < -0.3 is 19.9 Å². The topological polar surface area (TPSA) is 50.7 Å². The van der Waals surface area contributed by atoms with Crippen LogP contribution in [0.4, 0.5) is 0 Å². The highest BCUT2D eigenvalue weighted by atomic mass is 16.5. The van der Waals surface area contributed by atoms with E-state index >= 15 is 0 Å². The summed E-state index contributed by atoms with van der Waals surface area (Å²) in [6.45, 7) is 5.40. The highest BCUT2D eigenvalue weighted by Gasteiger charge is 2.11. The van der Waals surface area contributed by atoms with Gasteiger partial charge >= 0.3 is 0 Å². The number of rotatable bonds is 8. The van der Waals surface area contributed by atoms with Crippen molar-refractivity contribution < 1.29 is 14.6 Å². The number of methoxy groups -OCH3 is 1. The molecule has 1 aromatic rings. The quantitative estimate of drug-likeness (QED) is 0.743. The van der Waals surface area contributed by atoms with E-state index in [4.69, 9.17) is 14.6 Å². The number of aliphatic hydroxyl groups excluding tert-OH is 1. The number of hydrogen-bond acceptors (Lipinski definition) is 4. The average molecular weight is 253 g/mol. The third-order valence-electron chi connectivity index (χ3n) is 2.86. The van der Waals surface area contributed by atoms with Gasteiger partial charge in [0.25, 0.3) is 0 Å². The molecule has 1 aromatic carbocycles. The van der Waals surface area contributed by atoms with Crippen LogP contribution in [0.2, 0.25) is 0 Å². The number of nitrogens with one attached hydrogen (secondary N) is 1. The second-order valence-corrected chi connectivity index (χ2v) is 4.05. The molecule has 1 rings (SSSR count). The maximum absolute atomic E-state index is 9.15. The first kappa shape index (κ1) is 14.8. The van der Waals surface area contributed by atoms with Gasteiger partial charge in [-0.15, -0.1) is 0 Å². The second-order valence-electron chi connectivity index (χ2n) is 4.05. The Balaban J connectivity index is 2.78. The van der Waals surface area contributed by atoms with E-state index in [2.05, 4.69) is 5.32 Å². The highest BCUT2D eigenvalue weighted by Crippen LogP contribution is 2.30. The zero-order chi connectivity index (χ0) is 13.4. The Hall–Kier alpha value is -1.26. The summed E-state index contributed by atoms with van der Waals surface area (Å²) in [5.74, 6) is 1.52. The van der Waals surface area contributed by atoms with Gasteiger partial charge in [0.15, 0.2) is 11.5 Å². The van der Waals surface area contributed by atoms with Crippen LogP contribution in [-0.4, -0.2) is 31.5 Å². The van der Waals surface area contributed by atoms with Gasteiger partial charge in [0, 0.05) is 18.2 Å². The van der Waals surface area contributed by atoms with Crippen molar-refractivity contribution in [3.05, 3.63) is 23.8 Å². The molecular weight excluding hydrogens is 230 g/mol. The molecule has 0 aliphatic heterocycles. The minimum atomic E-state index is 0.116. The van der Waals surface area contributed by atoms with Crippen molar-refractivity contribution in [1.29, 1.82) is 0 Å². The lowest BCUT2D eigenvalue weighted by molar-refractivity contribution is 0.237. The van der Waals surface area contributed by atoms with Gasteiger partial charge in [0.1, 0.15) is 0 Å². The van der Waals surface area contributed by atoms with Crippen molar-refractivity contribution in [1.82, 2.24) is 5.32 Å². The molecule has 0 radical (unpaired) electrons. The lowest BCUT2D eigenvalue weighted by atomic mass is 10.1. The molecule has 0 saturated heterocycles. The van der Waals surface area contributed by atoms with Crippen LogP contribution in [0.1, 0.15) is 25.8 Å². The third kappa shape index (κ3) is 3.89. The molecule has 0 bridgehead atoms. The molecule has 0 fully saturated rings. The van der Waals surface area contributed by atoms with Crippen LogP contribution in [0.25, 0.3) is 0 Å². The zero-order valence-electron chi connectivity index (χ0n) is 11.4. The lowest BCUT2D eigenvalue weighted by Crippen LogP contribution is -2.31. The Labute approximate surface area is 109 Å². The van der Waals surface area contributed by atoms with E-state index < -0.39 is 0 Å². The van der Waals surface area contributed by atoms with Crippen molar-refractivity contribution in [2.75, 3.05) is 20.3 Å². The number of benzene rings is 1. The fourth-order valence-corrected chi connectivity index (χ4v) is 1.79. The number of aliphatic hydroxyl groups is 1. The molecular formula is C14H23NO3. The molecule has 0 unspecified atom stereocenters. The molecule has 1 atom stereocenters. The zero-order valence-corrected chi connectivity index (χ0v) is 11.4. The van der Waals surface area contributed by atoms with Gasteiger partial charge in [-0.2, -0.15) is 0 Å². The number of hydrogen-bond donors (Lipinski definition) is 2.